The Labute approximate surface area is 135 Å². The Morgan fingerprint density at radius 2 is 1.91 bits per heavy atom. The van der Waals surface area contributed by atoms with Gasteiger partial charge in [0.05, 0.1) is 13.2 Å². The van der Waals surface area contributed by atoms with Crippen LogP contribution in [0.5, 0.6) is 5.75 Å². The lowest BCUT2D eigenvalue weighted by molar-refractivity contribution is -0.915. The van der Waals surface area contributed by atoms with Crippen molar-refractivity contribution in [1.82, 2.24) is 0 Å². The average Bonchev–Trinajstić information content (AvgIpc) is 2.50. The molecule has 3 nitrogen and oxygen atoms in total. The molecule has 1 aliphatic heterocycles. The molecule has 0 aromatic heterocycles. The highest BCUT2D eigenvalue weighted by molar-refractivity contribution is 5.35. The summed E-state index contributed by atoms with van der Waals surface area (Å²) in [6, 6.07) is 8.47. The van der Waals surface area contributed by atoms with Crippen molar-refractivity contribution in [2.75, 3.05) is 26.2 Å². The van der Waals surface area contributed by atoms with Gasteiger partial charge >= 0.3 is 0 Å². The van der Waals surface area contributed by atoms with E-state index in [1.165, 1.54) is 12.1 Å². The van der Waals surface area contributed by atoms with Crippen LogP contribution in [0.2, 0.25) is 0 Å². The minimum atomic E-state index is 0.380. The van der Waals surface area contributed by atoms with Gasteiger partial charge in [0.25, 0.3) is 0 Å². The lowest BCUT2D eigenvalue weighted by Crippen LogP contribution is -3.15. The van der Waals surface area contributed by atoms with E-state index < -0.39 is 0 Å². The molecule has 1 aliphatic rings. The zero-order valence-electron chi connectivity index (χ0n) is 14.6. The monoisotopic (exact) mass is 306 g/mol. The second-order valence-electron chi connectivity index (χ2n) is 6.71. The van der Waals surface area contributed by atoms with Crippen molar-refractivity contribution in [1.29, 1.82) is 0 Å². The van der Waals surface area contributed by atoms with E-state index in [2.05, 4.69) is 52.0 Å². The number of quaternary nitrogens is 1. The average molecular weight is 306 g/mol. The molecule has 1 aromatic carbocycles. The van der Waals surface area contributed by atoms with Gasteiger partial charge in [-0.05, 0) is 37.8 Å². The van der Waals surface area contributed by atoms with Gasteiger partial charge in [-0.15, -0.1) is 0 Å². The largest absolute Gasteiger partial charge is 0.493 e. The summed E-state index contributed by atoms with van der Waals surface area (Å²) in [6.07, 6.45) is 3.01. The summed E-state index contributed by atoms with van der Waals surface area (Å²) >= 11 is 0. The van der Waals surface area contributed by atoms with Gasteiger partial charge < -0.3 is 14.4 Å². The predicted octanol–water partition coefficient (Wildman–Crippen LogP) is 2.66. The van der Waals surface area contributed by atoms with Gasteiger partial charge in [0, 0.05) is 6.42 Å². The first kappa shape index (κ1) is 17.3. The molecule has 4 atom stereocenters. The molecule has 1 heterocycles. The van der Waals surface area contributed by atoms with Crippen molar-refractivity contribution < 1.29 is 14.4 Å². The highest BCUT2D eigenvalue weighted by Gasteiger charge is 2.24. The standard InChI is InChI=1S/C19H31NO2/c1-5-15(2)18-9-6-7-10-19(18)21-12-8-11-20-13-16(3)22-17(4)14-20/h6-7,9-10,15-17H,5,8,11-14H2,1-4H3/p+1/t15-,16-,17+/m1/s1. The first-order valence-corrected chi connectivity index (χ1v) is 8.80. The van der Waals surface area contributed by atoms with Crippen LogP contribution in [0.4, 0.5) is 0 Å². The predicted molar refractivity (Wildman–Crippen MR) is 90.8 cm³/mol. The van der Waals surface area contributed by atoms with Crippen LogP contribution in [-0.2, 0) is 4.74 Å². The number of morpholine rings is 1. The van der Waals surface area contributed by atoms with E-state index in [9.17, 15) is 0 Å². The first-order chi connectivity index (χ1) is 10.6. The SMILES string of the molecule is CC[C@@H](C)c1ccccc1OCCC[NH+]1C[C@@H](C)O[C@@H](C)C1. The van der Waals surface area contributed by atoms with E-state index in [1.54, 1.807) is 4.90 Å². The number of benzene rings is 1. The van der Waals surface area contributed by atoms with Gasteiger partial charge in [0.1, 0.15) is 31.0 Å². The van der Waals surface area contributed by atoms with Crippen LogP contribution in [-0.4, -0.2) is 38.4 Å². The van der Waals surface area contributed by atoms with Gasteiger partial charge in [0.2, 0.25) is 0 Å². The van der Waals surface area contributed by atoms with Crippen LogP contribution in [0.3, 0.4) is 0 Å². The van der Waals surface area contributed by atoms with Crippen LogP contribution in [0.15, 0.2) is 24.3 Å². The fraction of sp³-hybridized carbons (Fsp3) is 0.684. The van der Waals surface area contributed by atoms with E-state index in [4.69, 9.17) is 9.47 Å². The highest BCUT2D eigenvalue weighted by atomic mass is 16.5. The Morgan fingerprint density at radius 1 is 1.23 bits per heavy atom. The van der Waals surface area contributed by atoms with Gasteiger partial charge in [-0.25, -0.2) is 0 Å². The molecule has 0 aliphatic carbocycles. The summed E-state index contributed by atoms with van der Waals surface area (Å²) < 4.78 is 11.9. The summed E-state index contributed by atoms with van der Waals surface area (Å²) in [5.74, 6) is 1.62. The van der Waals surface area contributed by atoms with Crippen molar-refractivity contribution in [3.8, 4) is 5.75 Å². The molecule has 1 N–H and O–H groups in total. The smallest absolute Gasteiger partial charge is 0.122 e. The van der Waals surface area contributed by atoms with Gasteiger partial charge in [-0.3, -0.25) is 0 Å². The minimum absolute atomic E-state index is 0.380. The third kappa shape index (κ3) is 4.99. The first-order valence-electron chi connectivity index (χ1n) is 8.80. The zero-order valence-corrected chi connectivity index (χ0v) is 14.6. The Hall–Kier alpha value is -1.06. The molecular weight excluding hydrogens is 274 g/mol. The normalized spacial score (nSPS) is 26.6. The summed E-state index contributed by atoms with van der Waals surface area (Å²) in [5, 5.41) is 0. The van der Waals surface area contributed by atoms with Gasteiger partial charge in [-0.2, -0.15) is 0 Å². The summed E-state index contributed by atoms with van der Waals surface area (Å²) in [7, 11) is 0. The maximum absolute atomic E-state index is 6.06. The van der Waals surface area contributed by atoms with Crippen molar-refractivity contribution >= 4 is 0 Å². The van der Waals surface area contributed by atoms with E-state index >= 15 is 0 Å². The van der Waals surface area contributed by atoms with Crippen molar-refractivity contribution in [3.63, 3.8) is 0 Å². The van der Waals surface area contributed by atoms with Crippen LogP contribution in [0.25, 0.3) is 0 Å². The molecule has 3 heteroatoms. The highest BCUT2D eigenvalue weighted by Crippen LogP contribution is 2.28. The summed E-state index contributed by atoms with van der Waals surface area (Å²) in [6.45, 7) is 13.1. The molecule has 0 bridgehead atoms. The molecule has 2 rings (SSSR count). The summed E-state index contributed by atoms with van der Waals surface area (Å²) in [5.41, 5.74) is 1.34. The third-order valence-corrected chi connectivity index (χ3v) is 4.61. The molecule has 1 aromatic rings. The van der Waals surface area contributed by atoms with Crippen LogP contribution >= 0.6 is 0 Å². The lowest BCUT2D eigenvalue weighted by atomic mass is 9.98. The Morgan fingerprint density at radius 3 is 2.59 bits per heavy atom. The number of para-hydroxylation sites is 1. The van der Waals surface area contributed by atoms with Crippen LogP contribution in [0, 0.1) is 0 Å². The maximum Gasteiger partial charge on any atom is 0.122 e. The van der Waals surface area contributed by atoms with Crippen LogP contribution < -0.4 is 9.64 Å². The number of hydrogen-bond donors (Lipinski definition) is 1. The Kier molecular flexibility index (Phi) is 6.71. The van der Waals surface area contributed by atoms with Crippen LogP contribution in [0.1, 0.15) is 52.0 Å². The van der Waals surface area contributed by atoms with Crippen molar-refractivity contribution in [2.45, 2.75) is 58.7 Å². The Balaban J connectivity index is 1.77. The molecule has 1 saturated heterocycles. The van der Waals surface area contributed by atoms with Gasteiger partial charge in [0.15, 0.2) is 0 Å². The molecule has 124 valence electrons. The fourth-order valence-electron chi connectivity index (χ4n) is 3.34. The Bertz CT molecular complexity index is 439. The number of ether oxygens (including phenoxy) is 2. The van der Waals surface area contributed by atoms with E-state index in [0.29, 0.717) is 18.1 Å². The molecule has 0 amide bonds. The zero-order chi connectivity index (χ0) is 15.9. The molecule has 0 radical (unpaired) electrons. The lowest BCUT2D eigenvalue weighted by Gasteiger charge is -2.32. The molecule has 1 fully saturated rings. The second kappa shape index (κ2) is 8.54. The molecule has 0 saturated carbocycles. The second-order valence-corrected chi connectivity index (χ2v) is 6.71. The molecule has 22 heavy (non-hydrogen) atoms. The minimum Gasteiger partial charge on any atom is -0.493 e. The third-order valence-electron chi connectivity index (χ3n) is 4.61. The number of nitrogens with one attached hydrogen (secondary N) is 1. The van der Waals surface area contributed by atoms with E-state index in [0.717, 1.165) is 38.3 Å². The topological polar surface area (TPSA) is 22.9 Å². The number of rotatable bonds is 7. The molecule has 1 unspecified atom stereocenters. The van der Waals surface area contributed by atoms with Crippen molar-refractivity contribution in [2.24, 2.45) is 0 Å². The maximum atomic E-state index is 6.06. The molecule has 0 spiro atoms. The fourth-order valence-corrected chi connectivity index (χ4v) is 3.34. The van der Waals surface area contributed by atoms with Crippen molar-refractivity contribution in [3.05, 3.63) is 29.8 Å². The van der Waals surface area contributed by atoms with E-state index in [-0.39, 0.29) is 0 Å². The molecular formula is C19H32NO2+. The number of hydrogen-bond acceptors (Lipinski definition) is 2. The van der Waals surface area contributed by atoms with Gasteiger partial charge in [-0.1, -0.05) is 32.0 Å². The quantitative estimate of drug-likeness (QED) is 0.783. The summed E-state index contributed by atoms with van der Waals surface area (Å²) in [4.78, 5) is 1.64. The van der Waals surface area contributed by atoms with E-state index in [1.807, 2.05) is 0 Å².